The molecule has 0 bridgehead atoms. The lowest BCUT2D eigenvalue weighted by molar-refractivity contribution is 0.606. The third-order valence-corrected chi connectivity index (χ3v) is 3.75. The van der Waals surface area contributed by atoms with Crippen LogP contribution in [0.15, 0.2) is 53.7 Å². The number of hydrogen-bond acceptors (Lipinski definition) is 3. The standard InChI is InChI=1S/C18H21FN6/c1-2-20-18(21-11-10-14-7-3-4-8-15(14)19)22-13-17-24-23-16-9-5-6-12-25(16)17/h3-9,12H,2,10-11,13H2,1H3,(H2,20,21,22). The quantitative estimate of drug-likeness (QED) is 0.533. The maximum absolute atomic E-state index is 13.7. The number of hydrogen-bond donors (Lipinski definition) is 2. The van der Waals surface area contributed by atoms with Crippen molar-refractivity contribution in [3.8, 4) is 0 Å². The summed E-state index contributed by atoms with van der Waals surface area (Å²) in [6.45, 7) is 3.74. The maximum atomic E-state index is 13.7. The summed E-state index contributed by atoms with van der Waals surface area (Å²) in [6.07, 6.45) is 2.50. The Bertz CT molecular complexity index is 857. The van der Waals surface area contributed by atoms with E-state index in [4.69, 9.17) is 0 Å². The zero-order chi connectivity index (χ0) is 17.5. The Morgan fingerprint density at radius 2 is 1.96 bits per heavy atom. The van der Waals surface area contributed by atoms with Crippen molar-refractivity contribution in [2.75, 3.05) is 13.1 Å². The number of fused-ring (bicyclic) bond motifs is 1. The summed E-state index contributed by atoms with van der Waals surface area (Å²) in [5.41, 5.74) is 1.49. The molecule has 25 heavy (non-hydrogen) atoms. The second-order valence-electron chi connectivity index (χ2n) is 5.51. The molecule has 6 nitrogen and oxygen atoms in total. The highest BCUT2D eigenvalue weighted by Crippen LogP contribution is 2.06. The van der Waals surface area contributed by atoms with Crippen LogP contribution in [0.1, 0.15) is 18.3 Å². The molecule has 0 saturated carbocycles. The first kappa shape index (κ1) is 16.9. The summed E-state index contributed by atoms with van der Waals surface area (Å²) < 4.78 is 15.6. The number of nitrogens with zero attached hydrogens (tertiary/aromatic N) is 4. The van der Waals surface area contributed by atoms with Crippen LogP contribution < -0.4 is 10.6 Å². The van der Waals surface area contributed by atoms with E-state index in [0.717, 1.165) is 18.0 Å². The van der Waals surface area contributed by atoms with Crippen molar-refractivity contribution < 1.29 is 4.39 Å². The summed E-state index contributed by atoms with van der Waals surface area (Å²) in [5, 5.41) is 14.7. The molecule has 3 rings (SSSR count). The fourth-order valence-corrected chi connectivity index (χ4v) is 2.51. The molecule has 0 unspecified atom stereocenters. The average molecular weight is 340 g/mol. The number of aliphatic imine (C=N–C) groups is 1. The Kier molecular flexibility index (Phi) is 5.56. The largest absolute Gasteiger partial charge is 0.357 e. The van der Waals surface area contributed by atoms with Crippen LogP contribution in [0.4, 0.5) is 4.39 Å². The highest BCUT2D eigenvalue weighted by atomic mass is 19.1. The molecule has 0 saturated heterocycles. The van der Waals surface area contributed by atoms with E-state index in [9.17, 15) is 4.39 Å². The summed E-state index contributed by atoms with van der Waals surface area (Å²) in [4.78, 5) is 4.54. The third kappa shape index (κ3) is 4.32. The minimum absolute atomic E-state index is 0.179. The van der Waals surface area contributed by atoms with Crippen LogP contribution in [0.2, 0.25) is 0 Å². The van der Waals surface area contributed by atoms with Gasteiger partial charge in [-0.15, -0.1) is 10.2 Å². The predicted molar refractivity (Wildman–Crippen MR) is 95.9 cm³/mol. The van der Waals surface area contributed by atoms with Crippen molar-refractivity contribution in [3.05, 3.63) is 65.9 Å². The third-order valence-electron chi connectivity index (χ3n) is 3.75. The molecule has 0 atom stereocenters. The molecule has 1 aromatic carbocycles. The molecule has 130 valence electrons. The van der Waals surface area contributed by atoms with Crippen LogP contribution in [0, 0.1) is 5.82 Å². The Morgan fingerprint density at radius 1 is 1.12 bits per heavy atom. The highest BCUT2D eigenvalue weighted by Gasteiger charge is 2.05. The number of pyridine rings is 1. The van der Waals surface area contributed by atoms with Crippen LogP contribution in [0.25, 0.3) is 5.65 Å². The van der Waals surface area contributed by atoms with Gasteiger partial charge in [0.1, 0.15) is 12.4 Å². The van der Waals surface area contributed by atoms with Crippen molar-refractivity contribution in [1.29, 1.82) is 0 Å². The summed E-state index contributed by atoms with van der Waals surface area (Å²) in [5.74, 6) is 1.26. The molecule has 0 aliphatic rings. The second kappa shape index (κ2) is 8.23. The number of nitrogens with one attached hydrogen (secondary N) is 2. The van der Waals surface area contributed by atoms with E-state index < -0.39 is 0 Å². The lowest BCUT2D eigenvalue weighted by Crippen LogP contribution is -2.38. The Hall–Kier alpha value is -2.96. The van der Waals surface area contributed by atoms with Crippen molar-refractivity contribution in [2.45, 2.75) is 19.9 Å². The van der Waals surface area contributed by atoms with Gasteiger partial charge in [0.15, 0.2) is 17.4 Å². The monoisotopic (exact) mass is 340 g/mol. The first-order valence-electron chi connectivity index (χ1n) is 8.32. The summed E-state index contributed by atoms with van der Waals surface area (Å²) >= 11 is 0. The Labute approximate surface area is 145 Å². The van der Waals surface area contributed by atoms with Crippen LogP contribution in [0.5, 0.6) is 0 Å². The fraction of sp³-hybridized carbons (Fsp3) is 0.278. The van der Waals surface area contributed by atoms with Crippen LogP contribution in [-0.4, -0.2) is 33.6 Å². The maximum Gasteiger partial charge on any atom is 0.191 e. The van der Waals surface area contributed by atoms with Crippen molar-refractivity contribution >= 4 is 11.6 Å². The number of benzene rings is 1. The van der Waals surface area contributed by atoms with Gasteiger partial charge >= 0.3 is 0 Å². The van der Waals surface area contributed by atoms with Crippen molar-refractivity contribution in [3.63, 3.8) is 0 Å². The van der Waals surface area contributed by atoms with Gasteiger partial charge < -0.3 is 10.6 Å². The first-order valence-corrected chi connectivity index (χ1v) is 8.32. The van der Waals surface area contributed by atoms with E-state index >= 15 is 0 Å². The molecular formula is C18H21FN6. The van der Waals surface area contributed by atoms with Gasteiger partial charge in [0.2, 0.25) is 0 Å². The number of halogens is 1. The van der Waals surface area contributed by atoms with Crippen LogP contribution in [0.3, 0.4) is 0 Å². The average Bonchev–Trinajstić information content (AvgIpc) is 3.04. The van der Waals surface area contributed by atoms with Crippen molar-refractivity contribution in [1.82, 2.24) is 25.2 Å². The van der Waals surface area contributed by atoms with Crippen LogP contribution in [-0.2, 0) is 13.0 Å². The predicted octanol–water partition coefficient (Wildman–Crippen LogP) is 2.17. The first-order chi connectivity index (χ1) is 12.3. The minimum atomic E-state index is -0.179. The van der Waals surface area contributed by atoms with Gasteiger partial charge in [0.25, 0.3) is 0 Å². The van der Waals surface area contributed by atoms with E-state index in [1.807, 2.05) is 41.8 Å². The van der Waals surface area contributed by atoms with Gasteiger partial charge in [0, 0.05) is 19.3 Å². The molecule has 0 aliphatic heterocycles. The zero-order valence-electron chi connectivity index (χ0n) is 14.1. The molecule has 0 aliphatic carbocycles. The number of aromatic nitrogens is 3. The molecule has 3 aromatic rings. The lowest BCUT2D eigenvalue weighted by Gasteiger charge is -2.11. The Morgan fingerprint density at radius 3 is 2.80 bits per heavy atom. The van der Waals surface area contributed by atoms with E-state index in [0.29, 0.717) is 31.0 Å². The number of rotatable bonds is 6. The van der Waals surface area contributed by atoms with Crippen molar-refractivity contribution in [2.24, 2.45) is 4.99 Å². The molecule has 0 radical (unpaired) electrons. The van der Waals surface area contributed by atoms with Gasteiger partial charge in [-0.05, 0) is 37.1 Å². The second-order valence-corrected chi connectivity index (χ2v) is 5.51. The molecule has 0 spiro atoms. The summed E-state index contributed by atoms with van der Waals surface area (Å²) in [7, 11) is 0. The molecule has 2 aromatic heterocycles. The van der Waals surface area contributed by atoms with Gasteiger partial charge in [-0.25, -0.2) is 9.38 Å². The lowest BCUT2D eigenvalue weighted by atomic mass is 10.1. The molecule has 0 fully saturated rings. The van der Waals surface area contributed by atoms with E-state index in [1.165, 1.54) is 6.07 Å². The van der Waals surface area contributed by atoms with Gasteiger partial charge in [-0.2, -0.15) is 0 Å². The smallest absolute Gasteiger partial charge is 0.191 e. The SMILES string of the molecule is CCNC(=NCc1nnc2ccccn12)NCCc1ccccc1F. The van der Waals surface area contributed by atoms with E-state index in [1.54, 1.807) is 12.1 Å². The minimum Gasteiger partial charge on any atom is -0.357 e. The van der Waals surface area contributed by atoms with E-state index in [2.05, 4.69) is 25.8 Å². The summed E-state index contributed by atoms with van der Waals surface area (Å²) in [6, 6.07) is 12.6. The molecule has 7 heteroatoms. The Balaban J connectivity index is 1.62. The van der Waals surface area contributed by atoms with Gasteiger partial charge in [0.05, 0.1) is 0 Å². The molecule has 2 N–H and O–H groups in total. The fourth-order valence-electron chi connectivity index (χ4n) is 2.51. The molecular weight excluding hydrogens is 319 g/mol. The van der Waals surface area contributed by atoms with Gasteiger partial charge in [-0.3, -0.25) is 4.40 Å². The zero-order valence-corrected chi connectivity index (χ0v) is 14.1. The topological polar surface area (TPSA) is 66.6 Å². The highest BCUT2D eigenvalue weighted by molar-refractivity contribution is 5.79. The van der Waals surface area contributed by atoms with Gasteiger partial charge in [-0.1, -0.05) is 24.3 Å². The number of guanidine groups is 1. The molecule has 2 heterocycles. The molecule has 0 amide bonds. The van der Waals surface area contributed by atoms with E-state index in [-0.39, 0.29) is 5.82 Å². The normalized spacial score (nSPS) is 11.7. The van der Waals surface area contributed by atoms with Crippen LogP contribution >= 0.6 is 0 Å².